The molecule has 0 aromatic heterocycles. The predicted octanol–water partition coefficient (Wildman–Crippen LogP) is 1.12. The van der Waals surface area contributed by atoms with Crippen molar-refractivity contribution >= 4 is 5.97 Å². The third-order valence-corrected chi connectivity index (χ3v) is 2.37. The van der Waals surface area contributed by atoms with Crippen molar-refractivity contribution in [2.24, 2.45) is 5.73 Å². The molecule has 0 saturated heterocycles. The Morgan fingerprint density at radius 1 is 0.900 bits per heavy atom. The Bertz CT molecular complexity index is 240. The van der Waals surface area contributed by atoms with Crippen LogP contribution in [0.25, 0.3) is 0 Å². The smallest absolute Gasteiger partial charge is 0.325 e. The molecule has 0 rings (SSSR count). The van der Waals surface area contributed by atoms with E-state index in [0.29, 0.717) is 33.0 Å². The van der Waals surface area contributed by atoms with Crippen molar-refractivity contribution in [3.8, 4) is 0 Å². The number of hydrogen-bond acceptors (Lipinski definition) is 6. The van der Waals surface area contributed by atoms with Crippen LogP contribution in [0.5, 0.6) is 0 Å². The van der Waals surface area contributed by atoms with Gasteiger partial charge in [0.05, 0.1) is 33.0 Å². The van der Waals surface area contributed by atoms with Crippen LogP contribution in [0.1, 0.15) is 33.6 Å². The van der Waals surface area contributed by atoms with Gasteiger partial charge in [-0.3, -0.25) is 4.79 Å². The molecule has 0 heterocycles. The number of nitrogens with two attached hydrogens (primary N) is 1. The Labute approximate surface area is 121 Å². The first-order valence-electron chi connectivity index (χ1n) is 7.17. The molecule has 6 heteroatoms. The zero-order valence-electron chi connectivity index (χ0n) is 13.0. The van der Waals surface area contributed by atoms with Gasteiger partial charge < -0.3 is 24.7 Å². The van der Waals surface area contributed by atoms with Crippen molar-refractivity contribution in [2.75, 3.05) is 46.2 Å². The van der Waals surface area contributed by atoms with Gasteiger partial charge in [0.25, 0.3) is 0 Å². The highest BCUT2D eigenvalue weighted by Crippen LogP contribution is 1.99. The molecule has 20 heavy (non-hydrogen) atoms. The summed E-state index contributed by atoms with van der Waals surface area (Å²) in [4.78, 5) is 11.3. The fourth-order valence-corrected chi connectivity index (χ4v) is 1.17. The van der Waals surface area contributed by atoms with Crippen LogP contribution in [-0.2, 0) is 23.7 Å². The van der Waals surface area contributed by atoms with Crippen LogP contribution in [0, 0.1) is 0 Å². The first-order valence-corrected chi connectivity index (χ1v) is 7.17. The molecule has 0 atom stereocenters. The van der Waals surface area contributed by atoms with E-state index in [1.165, 1.54) is 0 Å². The molecule has 0 aliphatic heterocycles. The predicted molar refractivity (Wildman–Crippen MR) is 76.6 cm³/mol. The molecular weight excluding hydrogens is 262 g/mol. The van der Waals surface area contributed by atoms with E-state index in [9.17, 15) is 4.79 Å². The standard InChI is InChI=1S/C14H29NO5/c1-4-5-6-17-7-8-18-9-10-19-11-12-20-13(16)14(2,3)15/h4-12,15H2,1-3H3. The van der Waals surface area contributed by atoms with Crippen molar-refractivity contribution in [1.82, 2.24) is 0 Å². The number of carbonyl (C=O) groups is 1. The van der Waals surface area contributed by atoms with Crippen LogP contribution in [0.4, 0.5) is 0 Å². The molecule has 0 saturated carbocycles. The number of esters is 1. The molecule has 0 amide bonds. The van der Waals surface area contributed by atoms with Crippen LogP contribution in [-0.4, -0.2) is 57.8 Å². The van der Waals surface area contributed by atoms with E-state index in [4.69, 9.17) is 24.7 Å². The molecule has 0 spiro atoms. The Morgan fingerprint density at radius 2 is 1.35 bits per heavy atom. The van der Waals surface area contributed by atoms with Gasteiger partial charge in [-0.25, -0.2) is 0 Å². The summed E-state index contributed by atoms with van der Waals surface area (Å²) in [5.74, 6) is -0.429. The van der Waals surface area contributed by atoms with E-state index in [2.05, 4.69) is 6.92 Å². The Kier molecular flexibility index (Phi) is 11.7. The summed E-state index contributed by atoms with van der Waals surface area (Å²) in [5.41, 5.74) is 4.61. The molecule has 0 fully saturated rings. The average molecular weight is 291 g/mol. The molecule has 6 nitrogen and oxygen atoms in total. The Balaban J connectivity index is 3.16. The number of carbonyl (C=O) groups excluding carboxylic acids is 1. The first kappa shape index (κ1) is 19.3. The molecule has 2 N–H and O–H groups in total. The third kappa shape index (κ3) is 12.3. The molecule has 0 bridgehead atoms. The molecule has 0 aromatic carbocycles. The van der Waals surface area contributed by atoms with E-state index in [0.717, 1.165) is 19.4 Å². The Morgan fingerprint density at radius 3 is 1.80 bits per heavy atom. The molecule has 0 radical (unpaired) electrons. The van der Waals surface area contributed by atoms with Gasteiger partial charge >= 0.3 is 5.97 Å². The van der Waals surface area contributed by atoms with E-state index in [1.54, 1.807) is 13.8 Å². The number of hydrogen-bond donors (Lipinski definition) is 1. The molecule has 0 aliphatic rings. The molecular formula is C14H29NO5. The molecule has 120 valence electrons. The van der Waals surface area contributed by atoms with Crippen LogP contribution < -0.4 is 5.73 Å². The van der Waals surface area contributed by atoms with Crippen LogP contribution in [0.3, 0.4) is 0 Å². The maximum atomic E-state index is 11.3. The number of unbranched alkanes of at least 4 members (excludes halogenated alkanes) is 1. The fourth-order valence-electron chi connectivity index (χ4n) is 1.17. The summed E-state index contributed by atoms with van der Waals surface area (Å²) >= 11 is 0. The van der Waals surface area contributed by atoms with Crippen LogP contribution >= 0.6 is 0 Å². The van der Waals surface area contributed by atoms with Gasteiger partial charge in [0, 0.05) is 6.61 Å². The summed E-state index contributed by atoms with van der Waals surface area (Å²) in [6.45, 7) is 8.85. The lowest BCUT2D eigenvalue weighted by Crippen LogP contribution is -2.43. The number of rotatable bonds is 13. The quantitative estimate of drug-likeness (QED) is 0.404. The summed E-state index contributed by atoms with van der Waals surface area (Å²) < 4.78 is 20.9. The van der Waals surface area contributed by atoms with Gasteiger partial charge in [0.15, 0.2) is 0 Å². The highest BCUT2D eigenvalue weighted by molar-refractivity contribution is 5.79. The molecule has 0 aromatic rings. The van der Waals surface area contributed by atoms with Gasteiger partial charge in [0.1, 0.15) is 12.1 Å². The minimum Gasteiger partial charge on any atom is -0.462 e. The summed E-state index contributed by atoms with van der Waals surface area (Å²) in [6.07, 6.45) is 2.22. The average Bonchev–Trinajstić information content (AvgIpc) is 2.38. The third-order valence-electron chi connectivity index (χ3n) is 2.37. The van der Waals surface area contributed by atoms with E-state index >= 15 is 0 Å². The highest BCUT2D eigenvalue weighted by atomic mass is 16.6. The van der Waals surface area contributed by atoms with Gasteiger partial charge in [-0.05, 0) is 20.3 Å². The maximum Gasteiger partial charge on any atom is 0.325 e. The maximum absolute atomic E-state index is 11.3. The second-order valence-corrected chi connectivity index (χ2v) is 5.05. The van der Waals surface area contributed by atoms with Crippen molar-refractivity contribution in [3.63, 3.8) is 0 Å². The van der Waals surface area contributed by atoms with Crippen molar-refractivity contribution in [1.29, 1.82) is 0 Å². The molecule has 0 aliphatic carbocycles. The van der Waals surface area contributed by atoms with Crippen LogP contribution in [0.2, 0.25) is 0 Å². The first-order chi connectivity index (χ1) is 9.48. The minimum atomic E-state index is -0.957. The monoisotopic (exact) mass is 291 g/mol. The second kappa shape index (κ2) is 12.1. The van der Waals surface area contributed by atoms with E-state index < -0.39 is 11.5 Å². The summed E-state index contributed by atoms with van der Waals surface area (Å²) in [7, 11) is 0. The minimum absolute atomic E-state index is 0.208. The zero-order chi connectivity index (χ0) is 15.3. The van der Waals surface area contributed by atoms with Gasteiger partial charge in [-0.15, -0.1) is 0 Å². The van der Waals surface area contributed by atoms with E-state index in [-0.39, 0.29) is 6.61 Å². The zero-order valence-corrected chi connectivity index (χ0v) is 13.0. The normalized spacial score (nSPS) is 11.6. The van der Waals surface area contributed by atoms with Gasteiger partial charge in [0.2, 0.25) is 0 Å². The van der Waals surface area contributed by atoms with Gasteiger partial charge in [-0.2, -0.15) is 0 Å². The SMILES string of the molecule is CCCCOCCOCCOCCOC(=O)C(C)(C)N. The lowest BCUT2D eigenvalue weighted by molar-refractivity contribution is -0.150. The van der Waals surface area contributed by atoms with E-state index in [1.807, 2.05) is 0 Å². The van der Waals surface area contributed by atoms with Crippen molar-refractivity contribution in [2.45, 2.75) is 39.2 Å². The Hall–Kier alpha value is -0.690. The lowest BCUT2D eigenvalue weighted by atomic mass is 10.1. The molecule has 0 unspecified atom stereocenters. The summed E-state index contributed by atoms with van der Waals surface area (Å²) in [6, 6.07) is 0. The second-order valence-electron chi connectivity index (χ2n) is 5.05. The lowest BCUT2D eigenvalue weighted by Gasteiger charge is -2.16. The van der Waals surface area contributed by atoms with Crippen LogP contribution in [0.15, 0.2) is 0 Å². The van der Waals surface area contributed by atoms with Crippen molar-refractivity contribution in [3.05, 3.63) is 0 Å². The van der Waals surface area contributed by atoms with Gasteiger partial charge in [-0.1, -0.05) is 13.3 Å². The van der Waals surface area contributed by atoms with Crippen molar-refractivity contribution < 1.29 is 23.7 Å². The topological polar surface area (TPSA) is 80.0 Å². The fraction of sp³-hybridized carbons (Fsp3) is 0.929. The number of ether oxygens (including phenoxy) is 4. The largest absolute Gasteiger partial charge is 0.462 e. The summed E-state index contributed by atoms with van der Waals surface area (Å²) in [5, 5.41) is 0. The highest BCUT2D eigenvalue weighted by Gasteiger charge is 2.23.